The average molecular weight is 305 g/mol. The van der Waals surface area contributed by atoms with Crippen molar-refractivity contribution in [3.05, 3.63) is 58.0 Å². The summed E-state index contributed by atoms with van der Waals surface area (Å²) in [5.74, 6) is -0.370. The summed E-state index contributed by atoms with van der Waals surface area (Å²) in [6.45, 7) is 2.84. The Bertz CT molecular complexity index is 582. The Morgan fingerprint density at radius 3 is 2.81 bits per heavy atom. The van der Waals surface area contributed by atoms with Crippen LogP contribution in [0.15, 0.2) is 41.8 Å². The Balaban J connectivity index is 1.83. The topological polar surface area (TPSA) is 20.3 Å². The summed E-state index contributed by atoms with van der Waals surface area (Å²) >= 11 is 1.76. The first-order valence-corrected chi connectivity index (χ1v) is 7.95. The summed E-state index contributed by atoms with van der Waals surface area (Å²) in [6.07, 6.45) is 1.40. The van der Waals surface area contributed by atoms with E-state index in [1.165, 1.54) is 17.0 Å². The SMILES string of the molecule is CC(Cc1cccs1)N(C)CCC(=O)c1cccc(F)c1. The van der Waals surface area contributed by atoms with Gasteiger partial charge in [0.2, 0.25) is 0 Å². The van der Waals surface area contributed by atoms with E-state index in [9.17, 15) is 9.18 Å². The summed E-state index contributed by atoms with van der Waals surface area (Å²) in [6, 6.07) is 10.5. The van der Waals surface area contributed by atoms with Gasteiger partial charge in [-0.2, -0.15) is 0 Å². The molecule has 0 bridgehead atoms. The van der Waals surface area contributed by atoms with Gasteiger partial charge in [0.05, 0.1) is 0 Å². The van der Waals surface area contributed by atoms with Crippen LogP contribution in [0, 0.1) is 5.82 Å². The molecular formula is C17H20FNOS. The number of thiophene rings is 1. The number of ketones is 1. The van der Waals surface area contributed by atoms with Crippen molar-refractivity contribution in [2.45, 2.75) is 25.8 Å². The lowest BCUT2D eigenvalue weighted by Gasteiger charge is -2.24. The third-order valence-corrected chi connectivity index (χ3v) is 4.57. The van der Waals surface area contributed by atoms with Crippen LogP contribution in [-0.2, 0) is 6.42 Å². The highest BCUT2D eigenvalue weighted by molar-refractivity contribution is 7.09. The molecule has 1 aromatic carbocycles. The molecule has 0 spiro atoms. The predicted octanol–water partition coefficient (Wildman–Crippen LogP) is 4.02. The first kappa shape index (κ1) is 15.9. The molecule has 1 atom stereocenters. The normalized spacial score (nSPS) is 12.6. The average Bonchev–Trinajstić information content (AvgIpc) is 2.97. The zero-order chi connectivity index (χ0) is 15.2. The summed E-state index contributed by atoms with van der Waals surface area (Å²) in [5.41, 5.74) is 0.453. The minimum absolute atomic E-state index is 0.00956. The van der Waals surface area contributed by atoms with Crippen molar-refractivity contribution in [2.24, 2.45) is 0 Å². The number of carbonyl (C=O) groups excluding carboxylic acids is 1. The number of benzene rings is 1. The second-order valence-corrected chi connectivity index (χ2v) is 6.33. The molecule has 2 aromatic rings. The summed E-state index contributed by atoms with van der Waals surface area (Å²) in [4.78, 5) is 15.6. The molecular weight excluding hydrogens is 285 g/mol. The van der Waals surface area contributed by atoms with Gasteiger partial charge in [-0.05, 0) is 44.0 Å². The van der Waals surface area contributed by atoms with Crippen LogP contribution in [0.1, 0.15) is 28.6 Å². The van der Waals surface area contributed by atoms with Gasteiger partial charge >= 0.3 is 0 Å². The van der Waals surface area contributed by atoms with Crippen LogP contribution in [0.5, 0.6) is 0 Å². The lowest BCUT2D eigenvalue weighted by Crippen LogP contribution is -2.32. The van der Waals surface area contributed by atoms with Gasteiger partial charge in [0.1, 0.15) is 5.82 Å². The fraction of sp³-hybridized carbons (Fsp3) is 0.353. The van der Waals surface area contributed by atoms with Crippen molar-refractivity contribution in [1.82, 2.24) is 4.90 Å². The Morgan fingerprint density at radius 1 is 1.33 bits per heavy atom. The van der Waals surface area contributed by atoms with Gasteiger partial charge in [-0.1, -0.05) is 18.2 Å². The van der Waals surface area contributed by atoms with Crippen molar-refractivity contribution >= 4 is 17.1 Å². The molecule has 0 saturated carbocycles. The third-order valence-electron chi connectivity index (χ3n) is 3.67. The van der Waals surface area contributed by atoms with E-state index in [4.69, 9.17) is 0 Å². The molecule has 1 heterocycles. The van der Waals surface area contributed by atoms with Crippen molar-refractivity contribution in [3.63, 3.8) is 0 Å². The maximum atomic E-state index is 13.1. The van der Waals surface area contributed by atoms with E-state index in [1.54, 1.807) is 23.5 Å². The largest absolute Gasteiger partial charge is 0.303 e. The molecule has 0 aliphatic rings. The molecule has 4 heteroatoms. The molecule has 0 N–H and O–H groups in total. The molecule has 0 amide bonds. The third kappa shape index (κ3) is 4.76. The standard InChI is InChI=1S/C17H20FNOS/c1-13(11-16-7-4-10-21-16)19(2)9-8-17(20)14-5-3-6-15(18)12-14/h3-7,10,12-13H,8-9,11H2,1-2H3. The van der Waals surface area contributed by atoms with E-state index in [-0.39, 0.29) is 11.6 Å². The number of rotatable bonds is 7. The lowest BCUT2D eigenvalue weighted by atomic mass is 10.1. The molecule has 112 valence electrons. The highest BCUT2D eigenvalue weighted by Gasteiger charge is 2.13. The van der Waals surface area contributed by atoms with E-state index in [2.05, 4.69) is 29.3 Å². The van der Waals surface area contributed by atoms with Crippen LogP contribution in [0.4, 0.5) is 4.39 Å². The van der Waals surface area contributed by atoms with Crippen LogP contribution < -0.4 is 0 Å². The van der Waals surface area contributed by atoms with E-state index >= 15 is 0 Å². The van der Waals surface area contributed by atoms with Gasteiger partial charge < -0.3 is 4.90 Å². The van der Waals surface area contributed by atoms with E-state index in [1.807, 2.05) is 7.05 Å². The number of hydrogen-bond acceptors (Lipinski definition) is 3. The minimum atomic E-state index is -0.361. The Kier molecular flexibility index (Phi) is 5.65. The van der Waals surface area contributed by atoms with Gasteiger partial charge in [-0.25, -0.2) is 4.39 Å². The zero-order valence-electron chi connectivity index (χ0n) is 12.4. The first-order valence-electron chi connectivity index (χ1n) is 7.07. The number of Topliss-reactive ketones (excluding diaryl/α,β-unsaturated/α-hetero) is 1. The Morgan fingerprint density at radius 2 is 2.14 bits per heavy atom. The number of nitrogens with zero attached hydrogens (tertiary/aromatic N) is 1. The molecule has 0 saturated heterocycles. The number of halogens is 1. The van der Waals surface area contributed by atoms with Gasteiger partial charge in [0, 0.05) is 29.4 Å². The molecule has 0 fully saturated rings. The maximum absolute atomic E-state index is 13.1. The number of likely N-dealkylation sites (N-methyl/N-ethyl adjacent to an activating group) is 1. The molecule has 2 nitrogen and oxygen atoms in total. The lowest BCUT2D eigenvalue weighted by molar-refractivity contribution is 0.0962. The van der Waals surface area contributed by atoms with Gasteiger partial charge in [0.15, 0.2) is 5.78 Å². The summed E-state index contributed by atoms with van der Waals surface area (Å²) in [7, 11) is 2.02. The Labute approximate surface area is 129 Å². The fourth-order valence-corrected chi connectivity index (χ4v) is 3.01. The van der Waals surface area contributed by atoms with Gasteiger partial charge in [-0.3, -0.25) is 4.79 Å². The van der Waals surface area contributed by atoms with Crippen molar-refractivity contribution in [3.8, 4) is 0 Å². The second kappa shape index (κ2) is 7.48. The molecule has 1 unspecified atom stereocenters. The van der Waals surface area contributed by atoms with Crippen LogP contribution in [-0.4, -0.2) is 30.3 Å². The van der Waals surface area contributed by atoms with Crippen molar-refractivity contribution in [1.29, 1.82) is 0 Å². The summed E-state index contributed by atoms with van der Waals surface area (Å²) in [5, 5.41) is 2.08. The Hall–Kier alpha value is -1.52. The van der Waals surface area contributed by atoms with Crippen LogP contribution in [0.25, 0.3) is 0 Å². The monoisotopic (exact) mass is 305 g/mol. The van der Waals surface area contributed by atoms with Crippen molar-refractivity contribution < 1.29 is 9.18 Å². The van der Waals surface area contributed by atoms with Gasteiger partial charge in [0.25, 0.3) is 0 Å². The van der Waals surface area contributed by atoms with Crippen molar-refractivity contribution in [2.75, 3.05) is 13.6 Å². The maximum Gasteiger partial charge on any atom is 0.164 e. The number of carbonyl (C=O) groups is 1. The smallest absolute Gasteiger partial charge is 0.164 e. The van der Waals surface area contributed by atoms with Crippen LogP contribution in [0.2, 0.25) is 0 Å². The zero-order valence-corrected chi connectivity index (χ0v) is 13.2. The quantitative estimate of drug-likeness (QED) is 0.720. The molecule has 1 aromatic heterocycles. The van der Waals surface area contributed by atoms with Crippen LogP contribution >= 0.6 is 11.3 Å². The molecule has 0 radical (unpaired) electrons. The molecule has 2 rings (SSSR count). The van der Waals surface area contributed by atoms with E-state index in [0.29, 0.717) is 24.6 Å². The van der Waals surface area contributed by atoms with Gasteiger partial charge in [-0.15, -0.1) is 11.3 Å². The predicted molar refractivity (Wildman–Crippen MR) is 85.5 cm³/mol. The fourth-order valence-electron chi connectivity index (χ4n) is 2.18. The van der Waals surface area contributed by atoms with E-state index in [0.717, 1.165) is 6.42 Å². The highest BCUT2D eigenvalue weighted by Crippen LogP contribution is 2.14. The first-order chi connectivity index (χ1) is 10.1. The van der Waals surface area contributed by atoms with Crippen LogP contribution in [0.3, 0.4) is 0 Å². The second-order valence-electron chi connectivity index (χ2n) is 5.30. The summed E-state index contributed by atoms with van der Waals surface area (Å²) < 4.78 is 13.1. The number of hydrogen-bond donors (Lipinski definition) is 0. The minimum Gasteiger partial charge on any atom is -0.303 e. The molecule has 0 aliphatic carbocycles. The molecule has 0 aliphatic heterocycles. The highest BCUT2D eigenvalue weighted by atomic mass is 32.1. The van der Waals surface area contributed by atoms with E-state index < -0.39 is 0 Å². The molecule has 21 heavy (non-hydrogen) atoms.